The second kappa shape index (κ2) is 4.01. The fraction of sp³-hybridized carbons (Fsp3) is 0. The number of rotatable bonds is 1. The molecule has 0 amide bonds. The Morgan fingerprint density at radius 2 is 1.89 bits per heavy atom. The molecule has 0 saturated carbocycles. The van der Waals surface area contributed by atoms with Crippen LogP contribution in [0.1, 0.15) is 0 Å². The molecule has 1 N–H and O–H groups in total. The Kier molecular flexibility index (Phi) is 2.30. The van der Waals surface area contributed by atoms with Gasteiger partial charge < -0.3 is 0 Å². The summed E-state index contributed by atoms with van der Waals surface area (Å²) in [5.41, 5.74) is 4.32. The van der Waals surface area contributed by atoms with E-state index < -0.39 is 0 Å². The van der Waals surface area contributed by atoms with Crippen LogP contribution in [0, 0.1) is 0 Å². The highest BCUT2D eigenvalue weighted by molar-refractivity contribution is 7.00. The first-order valence-corrected chi connectivity index (χ1v) is 6.83. The lowest BCUT2D eigenvalue weighted by atomic mass is 10.2. The topological polar surface area (TPSA) is 54.5 Å². The van der Waals surface area contributed by atoms with E-state index >= 15 is 0 Å². The first-order chi connectivity index (χ1) is 9.33. The molecule has 2 heterocycles. The van der Waals surface area contributed by atoms with Crippen molar-refractivity contribution in [3.8, 4) is 11.4 Å². The fourth-order valence-electron chi connectivity index (χ4n) is 2.07. The van der Waals surface area contributed by atoms with Crippen molar-refractivity contribution < 1.29 is 0 Å². The van der Waals surface area contributed by atoms with Gasteiger partial charge in [-0.25, -0.2) is 9.97 Å². The first kappa shape index (κ1) is 10.9. The summed E-state index contributed by atoms with van der Waals surface area (Å²) < 4.78 is 7.44. The SMILES string of the molecule is Clc1ccccc1-c1nc2ccc3[nH]snc3c2n1. The zero-order valence-electron chi connectivity index (χ0n) is 9.59. The second-order valence-corrected chi connectivity index (χ2v) is 5.12. The van der Waals surface area contributed by atoms with Gasteiger partial charge in [-0.05, 0) is 24.3 Å². The van der Waals surface area contributed by atoms with Crippen molar-refractivity contribution in [1.82, 2.24) is 18.7 Å². The lowest BCUT2D eigenvalue weighted by Gasteiger charge is -1.97. The maximum absolute atomic E-state index is 6.18. The fourth-order valence-corrected chi connectivity index (χ4v) is 2.87. The lowest BCUT2D eigenvalue weighted by molar-refractivity contribution is 1.34. The highest BCUT2D eigenvalue weighted by atomic mass is 35.5. The van der Waals surface area contributed by atoms with Gasteiger partial charge in [0, 0.05) is 17.3 Å². The van der Waals surface area contributed by atoms with E-state index in [4.69, 9.17) is 11.6 Å². The maximum Gasteiger partial charge on any atom is 0.162 e. The highest BCUT2D eigenvalue weighted by Crippen LogP contribution is 2.29. The molecule has 0 fully saturated rings. The van der Waals surface area contributed by atoms with Gasteiger partial charge in [0.15, 0.2) is 5.82 Å². The Balaban J connectivity index is 2.04. The number of aromatic amines is 1. The van der Waals surface area contributed by atoms with Crippen molar-refractivity contribution >= 4 is 45.4 Å². The van der Waals surface area contributed by atoms with Crippen LogP contribution in [-0.4, -0.2) is 18.7 Å². The number of nitrogens with one attached hydrogen (secondary N) is 1. The average Bonchev–Trinajstić information content (AvgIpc) is 3.04. The third-order valence-corrected chi connectivity index (χ3v) is 3.90. The summed E-state index contributed by atoms with van der Waals surface area (Å²) in [5.74, 6) is 0.640. The zero-order valence-corrected chi connectivity index (χ0v) is 11.2. The van der Waals surface area contributed by atoms with E-state index in [0.717, 1.165) is 27.6 Å². The van der Waals surface area contributed by atoms with Gasteiger partial charge in [0.2, 0.25) is 0 Å². The van der Waals surface area contributed by atoms with Crippen LogP contribution in [0.3, 0.4) is 0 Å². The lowest BCUT2D eigenvalue weighted by Crippen LogP contribution is -1.80. The van der Waals surface area contributed by atoms with Crippen LogP contribution in [0.5, 0.6) is 0 Å². The average molecular weight is 287 g/mol. The molecule has 0 radical (unpaired) electrons. The quantitative estimate of drug-likeness (QED) is 0.577. The molecule has 0 aliphatic carbocycles. The Morgan fingerprint density at radius 3 is 2.79 bits per heavy atom. The number of fused-ring (bicyclic) bond motifs is 3. The van der Waals surface area contributed by atoms with Gasteiger partial charge in [-0.3, -0.25) is 4.37 Å². The molecule has 0 atom stereocenters. The van der Waals surface area contributed by atoms with Gasteiger partial charge in [0.25, 0.3) is 0 Å². The van der Waals surface area contributed by atoms with Gasteiger partial charge in [-0.2, -0.15) is 4.37 Å². The molecule has 0 spiro atoms. The minimum Gasteiger partial charge on any atom is -0.293 e. The number of H-pyrrole nitrogens is 1. The Labute approximate surface area is 117 Å². The predicted octanol–water partition coefficient (Wildman–Crippen LogP) is 3.89. The van der Waals surface area contributed by atoms with Crippen molar-refractivity contribution in [2.24, 2.45) is 0 Å². The first-order valence-electron chi connectivity index (χ1n) is 5.68. The summed E-state index contributed by atoms with van der Waals surface area (Å²) in [7, 11) is 0. The van der Waals surface area contributed by atoms with Crippen LogP contribution in [0.15, 0.2) is 36.4 Å². The van der Waals surface area contributed by atoms with Crippen molar-refractivity contribution in [1.29, 1.82) is 0 Å². The van der Waals surface area contributed by atoms with E-state index in [1.807, 2.05) is 36.4 Å². The largest absolute Gasteiger partial charge is 0.293 e. The smallest absolute Gasteiger partial charge is 0.162 e. The number of benzene rings is 2. The Hall–Kier alpha value is -1.98. The highest BCUT2D eigenvalue weighted by Gasteiger charge is 2.13. The molecule has 4 nitrogen and oxygen atoms in total. The normalized spacial score (nSPS) is 11.4. The molecular weight excluding hydrogens is 280 g/mol. The van der Waals surface area contributed by atoms with E-state index in [-0.39, 0.29) is 0 Å². The van der Waals surface area contributed by atoms with Crippen LogP contribution in [-0.2, 0) is 0 Å². The molecule has 2 aromatic heterocycles. The second-order valence-electron chi connectivity index (χ2n) is 4.14. The summed E-state index contributed by atoms with van der Waals surface area (Å²) in [6, 6.07) is 11.5. The summed E-state index contributed by atoms with van der Waals surface area (Å²) in [5, 5.41) is 0.652. The minimum atomic E-state index is 0.640. The summed E-state index contributed by atoms with van der Waals surface area (Å²) in [6.45, 7) is 0. The number of halogens is 1. The molecule has 0 aliphatic heterocycles. The Morgan fingerprint density at radius 1 is 1.00 bits per heavy atom. The van der Waals surface area contributed by atoms with E-state index in [1.165, 1.54) is 11.7 Å². The zero-order chi connectivity index (χ0) is 12.8. The number of hydrogen-bond donors (Lipinski definition) is 1. The summed E-state index contributed by atoms with van der Waals surface area (Å²) >= 11 is 7.49. The summed E-state index contributed by atoms with van der Waals surface area (Å²) in [6.07, 6.45) is 0. The molecule has 0 unspecified atom stereocenters. The molecule has 0 aliphatic rings. The molecule has 6 heteroatoms. The number of nitrogens with zero attached hydrogens (tertiary/aromatic N) is 3. The van der Waals surface area contributed by atoms with E-state index in [9.17, 15) is 0 Å². The third kappa shape index (κ3) is 1.63. The van der Waals surface area contributed by atoms with E-state index in [0.29, 0.717) is 10.8 Å². The molecule has 2 aromatic carbocycles. The van der Waals surface area contributed by atoms with Crippen LogP contribution < -0.4 is 0 Å². The standard InChI is InChI=1S/C13H7ClN4S/c14-8-4-2-1-3-7(8)13-15-9-5-6-10-12(11(9)16-13)18-19-17-10/h1-6,17H. The van der Waals surface area contributed by atoms with Gasteiger partial charge in [0.1, 0.15) is 11.0 Å². The van der Waals surface area contributed by atoms with Gasteiger partial charge in [0.05, 0.1) is 16.1 Å². The molecule has 19 heavy (non-hydrogen) atoms. The molecule has 0 bridgehead atoms. The van der Waals surface area contributed by atoms with Crippen molar-refractivity contribution in [2.75, 3.05) is 0 Å². The maximum atomic E-state index is 6.18. The number of aromatic nitrogens is 4. The van der Waals surface area contributed by atoms with E-state index in [1.54, 1.807) is 0 Å². The van der Waals surface area contributed by atoms with E-state index in [2.05, 4.69) is 18.7 Å². The monoisotopic (exact) mass is 286 g/mol. The molecule has 4 aromatic rings. The van der Waals surface area contributed by atoms with Crippen molar-refractivity contribution in [3.05, 3.63) is 41.4 Å². The third-order valence-electron chi connectivity index (χ3n) is 2.98. The van der Waals surface area contributed by atoms with Crippen LogP contribution in [0.2, 0.25) is 5.02 Å². The molecule has 92 valence electrons. The minimum absolute atomic E-state index is 0.640. The van der Waals surface area contributed by atoms with Crippen molar-refractivity contribution in [3.63, 3.8) is 0 Å². The molecular formula is C13H7ClN4S. The van der Waals surface area contributed by atoms with Gasteiger partial charge in [-0.15, -0.1) is 0 Å². The number of hydrogen-bond acceptors (Lipinski definition) is 4. The number of imidazole rings is 1. The van der Waals surface area contributed by atoms with Crippen molar-refractivity contribution in [2.45, 2.75) is 0 Å². The van der Waals surface area contributed by atoms with Crippen LogP contribution in [0.4, 0.5) is 0 Å². The summed E-state index contributed by atoms with van der Waals surface area (Å²) in [4.78, 5) is 9.10. The Bertz CT molecular complexity index is 896. The van der Waals surface area contributed by atoms with Crippen LogP contribution in [0.25, 0.3) is 33.5 Å². The van der Waals surface area contributed by atoms with Gasteiger partial charge >= 0.3 is 0 Å². The molecule has 4 rings (SSSR count). The molecule has 0 saturated heterocycles. The predicted molar refractivity (Wildman–Crippen MR) is 77.5 cm³/mol. The van der Waals surface area contributed by atoms with Gasteiger partial charge in [-0.1, -0.05) is 23.7 Å². The van der Waals surface area contributed by atoms with Crippen LogP contribution >= 0.6 is 23.3 Å².